The molecule has 5 heteroatoms. The lowest BCUT2D eigenvalue weighted by molar-refractivity contribution is -0.122. The van der Waals surface area contributed by atoms with Gasteiger partial charge in [0.15, 0.2) is 0 Å². The first kappa shape index (κ1) is 15.2. The van der Waals surface area contributed by atoms with E-state index in [1.165, 1.54) is 11.5 Å². The average molecular weight is 316 g/mol. The molecule has 1 aliphatic heterocycles. The Balaban J connectivity index is 1.77. The molecular weight excluding hydrogens is 296 g/mol. The van der Waals surface area contributed by atoms with Gasteiger partial charge in [-0.15, -0.1) is 0 Å². The lowest BCUT2D eigenvalue weighted by Crippen LogP contribution is -2.32. The highest BCUT2D eigenvalue weighted by atomic mass is 32.1. The zero-order chi connectivity index (χ0) is 15.5. The van der Waals surface area contributed by atoms with Crippen LogP contribution in [-0.2, 0) is 9.53 Å². The zero-order valence-corrected chi connectivity index (χ0v) is 13.6. The van der Waals surface area contributed by atoms with E-state index in [2.05, 4.69) is 23.5 Å². The van der Waals surface area contributed by atoms with Gasteiger partial charge in [0, 0.05) is 17.6 Å². The Morgan fingerprint density at radius 3 is 2.86 bits per heavy atom. The number of nitrogens with zero attached hydrogens (tertiary/aromatic N) is 1. The van der Waals surface area contributed by atoms with E-state index in [0.29, 0.717) is 12.5 Å². The van der Waals surface area contributed by atoms with Crippen LogP contribution in [0.5, 0.6) is 0 Å². The minimum absolute atomic E-state index is 0.00627. The third kappa shape index (κ3) is 3.05. The molecule has 0 bridgehead atoms. The van der Waals surface area contributed by atoms with Crippen molar-refractivity contribution in [1.29, 1.82) is 0 Å². The Bertz CT molecular complexity index is 639. The van der Waals surface area contributed by atoms with Gasteiger partial charge in [0.25, 0.3) is 0 Å². The standard InChI is InChI=1S/C17H20N2O2S/c1-11(2)16-13(8-9-21-16)17(20)18-14-10-22-19-15(14)12-6-4-3-5-7-12/h3-7,10-11,13,16H,8-9H2,1-2H3,(H,18,20)/t13-,16-/m0/s1. The molecule has 0 spiro atoms. The molecule has 22 heavy (non-hydrogen) atoms. The first-order valence-corrected chi connectivity index (χ1v) is 8.42. The summed E-state index contributed by atoms with van der Waals surface area (Å²) in [5.74, 6) is 0.296. The monoisotopic (exact) mass is 316 g/mol. The van der Waals surface area contributed by atoms with Crippen LogP contribution in [0.4, 0.5) is 5.69 Å². The second kappa shape index (κ2) is 6.58. The fourth-order valence-corrected chi connectivity index (χ4v) is 3.54. The van der Waals surface area contributed by atoms with Crippen LogP contribution in [-0.4, -0.2) is 23.0 Å². The molecule has 116 valence electrons. The minimum Gasteiger partial charge on any atom is -0.377 e. The predicted molar refractivity (Wildman–Crippen MR) is 88.9 cm³/mol. The fourth-order valence-electron chi connectivity index (χ4n) is 2.90. The summed E-state index contributed by atoms with van der Waals surface area (Å²) in [6.07, 6.45) is 0.791. The summed E-state index contributed by atoms with van der Waals surface area (Å²) in [5, 5.41) is 4.93. The molecule has 3 rings (SSSR count). The number of anilines is 1. The molecule has 2 atom stereocenters. The van der Waals surface area contributed by atoms with Crippen LogP contribution in [0.2, 0.25) is 0 Å². The van der Waals surface area contributed by atoms with E-state index in [4.69, 9.17) is 4.74 Å². The number of carbonyl (C=O) groups excluding carboxylic acids is 1. The average Bonchev–Trinajstić information content (AvgIpc) is 3.17. The molecule has 0 aliphatic carbocycles. The molecule has 0 saturated carbocycles. The molecule has 0 unspecified atom stereocenters. The number of carbonyl (C=O) groups is 1. The third-order valence-corrected chi connectivity index (χ3v) is 4.63. The van der Waals surface area contributed by atoms with E-state index in [1.807, 2.05) is 35.7 Å². The first-order chi connectivity index (χ1) is 10.7. The van der Waals surface area contributed by atoms with Crippen LogP contribution in [0.3, 0.4) is 0 Å². The van der Waals surface area contributed by atoms with E-state index >= 15 is 0 Å². The number of nitrogens with one attached hydrogen (secondary N) is 1. The molecule has 1 aliphatic rings. The topological polar surface area (TPSA) is 51.2 Å². The Morgan fingerprint density at radius 2 is 2.14 bits per heavy atom. The van der Waals surface area contributed by atoms with Crippen LogP contribution in [0.1, 0.15) is 20.3 Å². The Morgan fingerprint density at radius 1 is 1.36 bits per heavy atom. The maximum absolute atomic E-state index is 12.6. The second-order valence-corrected chi connectivity index (χ2v) is 6.54. The van der Waals surface area contributed by atoms with Gasteiger partial charge in [-0.25, -0.2) is 0 Å². The van der Waals surface area contributed by atoms with Gasteiger partial charge in [-0.05, 0) is 23.9 Å². The van der Waals surface area contributed by atoms with Gasteiger partial charge in [0.05, 0.1) is 17.7 Å². The van der Waals surface area contributed by atoms with Crippen LogP contribution in [0.25, 0.3) is 11.3 Å². The van der Waals surface area contributed by atoms with Gasteiger partial charge in [-0.2, -0.15) is 4.37 Å². The van der Waals surface area contributed by atoms with Crippen molar-refractivity contribution < 1.29 is 9.53 Å². The van der Waals surface area contributed by atoms with Crippen LogP contribution < -0.4 is 5.32 Å². The van der Waals surface area contributed by atoms with Crippen molar-refractivity contribution >= 4 is 23.1 Å². The summed E-state index contributed by atoms with van der Waals surface area (Å²) in [4.78, 5) is 12.6. The SMILES string of the molecule is CC(C)[C@@H]1OCC[C@@H]1C(=O)Nc1csnc1-c1ccccc1. The van der Waals surface area contributed by atoms with Gasteiger partial charge in [-0.1, -0.05) is 44.2 Å². The zero-order valence-electron chi connectivity index (χ0n) is 12.8. The lowest BCUT2D eigenvalue weighted by atomic mass is 9.92. The van der Waals surface area contributed by atoms with E-state index in [9.17, 15) is 4.79 Å². The third-order valence-electron chi connectivity index (χ3n) is 4.00. The van der Waals surface area contributed by atoms with Crippen molar-refractivity contribution in [2.75, 3.05) is 11.9 Å². The maximum Gasteiger partial charge on any atom is 0.230 e. The molecule has 1 amide bonds. The number of rotatable bonds is 4. The number of hydrogen-bond acceptors (Lipinski definition) is 4. The van der Waals surface area contributed by atoms with Crippen molar-refractivity contribution in [3.63, 3.8) is 0 Å². The van der Waals surface area contributed by atoms with Gasteiger partial charge >= 0.3 is 0 Å². The van der Waals surface area contributed by atoms with Crippen molar-refractivity contribution in [2.45, 2.75) is 26.4 Å². The van der Waals surface area contributed by atoms with E-state index in [0.717, 1.165) is 23.4 Å². The highest BCUT2D eigenvalue weighted by Gasteiger charge is 2.36. The second-order valence-electron chi connectivity index (χ2n) is 5.91. The summed E-state index contributed by atoms with van der Waals surface area (Å²) in [6, 6.07) is 9.91. The van der Waals surface area contributed by atoms with Gasteiger partial charge < -0.3 is 10.1 Å². The molecule has 1 aromatic carbocycles. The largest absolute Gasteiger partial charge is 0.377 e. The van der Waals surface area contributed by atoms with Crippen molar-refractivity contribution in [3.05, 3.63) is 35.7 Å². The Labute approximate surface area is 134 Å². The van der Waals surface area contributed by atoms with E-state index in [-0.39, 0.29) is 17.9 Å². The van der Waals surface area contributed by atoms with E-state index < -0.39 is 0 Å². The van der Waals surface area contributed by atoms with Gasteiger partial charge in [-0.3, -0.25) is 4.79 Å². The predicted octanol–water partition coefficient (Wildman–Crippen LogP) is 3.81. The summed E-state index contributed by atoms with van der Waals surface area (Å²) in [5.41, 5.74) is 2.64. The lowest BCUT2D eigenvalue weighted by Gasteiger charge is -2.21. The summed E-state index contributed by atoms with van der Waals surface area (Å²) in [7, 11) is 0. The first-order valence-electron chi connectivity index (χ1n) is 7.59. The number of benzene rings is 1. The van der Waals surface area contributed by atoms with Crippen molar-refractivity contribution in [2.24, 2.45) is 11.8 Å². The molecule has 1 N–H and O–H groups in total. The maximum atomic E-state index is 12.6. The molecule has 1 aromatic heterocycles. The normalized spacial score (nSPS) is 21.2. The van der Waals surface area contributed by atoms with Crippen LogP contribution in [0, 0.1) is 11.8 Å². The fraction of sp³-hybridized carbons (Fsp3) is 0.412. The quantitative estimate of drug-likeness (QED) is 0.933. The Hall–Kier alpha value is -1.72. The minimum atomic E-state index is -0.0801. The molecule has 2 aromatic rings. The highest BCUT2D eigenvalue weighted by molar-refractivity contribution is 7.04. The molecule has 4 nitrogen and oxygen atoms in total. The highest BCUT2D eigenvalue weighted by Crippen LogP contribution is 2.31. The van der Waals surface area contributed by atoms with Crippen molar-refractivity contribution in [3.8, 4) is 11.3 Å². The number of hydrogen-bond donors (Lipinski definition) is 1. The number of amides is 1. The molecular formula is C17H20N2O2S. The molecule has 1 saturated heterocycles. The van der Waals surface area contributed by atoms with Gasteiger partial charge in [0.1, 0.15) is 5.69 Å². The van der Waals surface area contributed by atoms with Crippen LogP contribution >= 0.6 is 11.5 Å². The van der Waals surface area contributed by atoms with Crippen molar-refractivity contribution in [1.82, 2.24) is 4.37 Å². The Kier molecular flexibility index (Phi) is 4.55. The number of aromatic nitrogens is 1. The van der Waals surface area contributed by atoms with E-state index in [1.54, 1.807) is 0 Å². The summed E-state index contributed by atoms with van der Waals surface area (Å²) in [6.45, 7) is 4.85. The molecule has 2 heterocycles. The summed E-state index contributed by atoms with van der Waals surface area (Å²) < 4.78 is 10.1. The molecule has 1 fully saturated rings. The van der Waals surface area contributed by atoms with Crippen LogP contribution in [0.15, 0.2) is 35.7 Å². The smallest absolute Gasteiger partial charge is 0.230 e. The molecule has 0 radical (unpaired) electrons. The van der Waals surface area contributed by atoms with Gasteiger partial charge in [0.2, 0.25) is 5.91 Å². The number of ether oxygens (including phenoxy) is 1. The summed E-state index contributed by atoms with van der Waals surface area (Å²) >= 11 is 1.36.